The van der Waals surface area contributed by atoms with Crippen molar-refractivity contribution in [1.82, 2.24) is 15.3 Å². The van der Waals surface area contributed by atoms with E-state index in [4.69, 9.17) is 9.97 Å². The molecule has 5 nitrogen and oxygen atoms in total. The summed E-state index contributed by atoms with van der Waals surface area (Å²) in [6.45, 7) is 5.92. The van der Waals surface area contributed by atoms with Crippen LogP contribution in [0.2, 0.25) is 0 Å². The van der Waals surface area contributed by atoms with E-state index in [9.17, 15) is 5.26 Å². The fourth-order valence-corrected chi connectivity index (χ4v) is 3.27. The smallest absolute Gasteiger partial charge is 0.135 e. The minimum Gasteiger partial charge on any atom is -0.355 e. The minimum absolute atomic E-state index is 0.137. The lowest BCUT2D eigenvalue weighted by Gasteiger charge is -2.32. The third-order valence-corrected chi connectivity index (χ3v) is 4.43. The Morgan fingerprint density at radius 1 is 1.33 bits per heavy atom. The van der Waals surface area contributed by atoms with Crippen LogP contribution in [0, 0.1) is 17.2 Å². The first kappa shape index (κ1) is 14.3. The normalized spacial score (nSPS) is 22.3. The maximum Gasteiger partial charge on any atom is 0.135 e. The lowest BCUT2D eigenvalue weighted by atomic mass is 9.98. The van der Waals surface area contributed by atoms with Crippen LogP contribution in [0.5, 0.6) is 0 Å². The molecule has 1 fully saturated rings. The molecule has 0 aliphatic carbocycles. The van der Waals surface area contributed by atoms with E-state index < -0.39 is 0 Å². The van der Waals surface area contributed by atoms with Gasteiger partial charge in [0.15, 0.2) is 0 Å². The van der Waals surface area contributed by atoms with Crippen molar-refractivity contribution in [2.24, 2.45) is 5.92 Å². The molecule has 21 heavy (non-hydrogen) atoms. The number of nitrogens with one attached hydrogen (secondary N) is 1. The Morgan fingerprint density at radius 3 is 3.00 bits per heavy atom. The number of piperidine rings is 1. The number of aryl methyl sites for hydroxylation is 1. The highest BCUT2D eigenvalue weighted by atomic mass is 15.2. The second-order valence-electron chi connectivity index (χ2n) is 5.91. The molecule has 1 aromatic rings. The van der Waals surface area contributed by atoms with Crippen LogP contribution in [0.1, 0.15) is 36.8 Å². The van der Waals surface area contributed by atoms with Crippen molar-refractivity contribution in [3.8, 4) is 6.07 Å². The third kappa shape index (κ3) is 3.01. The Labute approximate surface area is 126 Å². The molecule has 1 N–H and O–H groups in total. The number of nitriles is 1. The summed E-state index contributed by atoms with van der Waals surface area (Å²) in [5, 5.41) is 12.7. The summed E-state index contributed by atoms with van der Waals surface area (Å²) in [4.78, 5) is 11.9. The van der Waals surface area contributed by atoms with Crippen molar-refractivity contribution in [1.29, 1.82) is 5.26 Å². The van der Waals surface area contributed by atoms with Crippen LogP contribution in [0.4, 0.5) is 5.82 Å². The minimum atomic E-state index is 0.137. The zero-order chi connectivity index (χ0) is 14.7. The van der Waals surface area contributed by atoms with E-state index in [-0.39, 0.29) is 5.92 Å². The second kappa shape index (κ2) is 6.40. The topological polar surface area (TPSA) is 64.8 Å². The fourth-order valence-electron chi connectivity index (χ4n) is 3.27. The van der Waals surface area contributed by atoms with E-state index >= 15 is 0 Å². The lowest BCUT2D eigenvalue weighted by Crippen LogP contribution is -2.36. The Bertz CT molecular complexity index is 548. The molecule has 5 heteroatoms. The predicted octanol–water partition coefficient (Wildman–Crippen LogP) is 1.47. The fraction of sp³-hybridized carbons (Fsp3) is 0.688. The van der Waals surface area contributed by atoms with Crippen molar-refractivity contribution in [3.63, 3.8) is 0 Å². The molecule has 0 amide bonds. The maximum absolute atomic E-state index is 9.22. The summed E-state index contributed by atoms with van der Waals surface area (Å²) in [7, 11) is 0. The number of rotatable bonds is 2. The number of fused-ring (bicyclic) bond motifs is 1. The van der Waals surface area contributed by atoms with Gasteiger partial charge in [0, 0.05) is 38.0 Å². The van der Waals surface area contributed by atoms with E-state index in [0.717, 1.165) is 69.9 Å². The van der Waals surface area contributed by atoms with Crippen molar-refractivity contribution in [2.45, 2.75) is 39.0 Å². The molecule has 1 aromatic heterocycles. The Hall–Kier alpha value is -1.67. The average Bonchev–Trinajstić information content (AvgIpc) is 2.79. The van der Waals surface area contributed by atoms with E-state index in [1.807, 2.05) is 0 Å². The summed E-state index contributed by atoms with van der Waals surface area (Å²) in [5.41, 5.74) is 2.51. The highest BCUT2D eigenvalue weighted by Gasteiger charge is 2.25. The van der Waals surface area contributed by atoms with Crippen molar-refractivity contribution in [2.75, 3.05) is 31.1 Å². The first-order chi connectivity index (χ1) is 10.3. The van der Waals surface area contributed by atoms with Gasteiger partial charge in [-0.2, -0.15) is 5.26 Å². The summed E-state index contributed by atoms with van der Waals surface area (Å²) in [6.07, 6.45) is 4.93. The van der Waals surface area contributed by atoms with Crippen LogP contribution in [0.3, 0.4) is 0 Å². The van der Waals surface area contributed by atoms with Gasteiger partial charge in [-0.3, -0.25) is 0 Å². The Balaban J connectivity index is 1.98. The van der Waals surface area contributed by atoms with Crippen molar-refractivity contribution in [3.05, 3.63) is 17.1 Å². The van der Waals surface area contributed by atoms with Gasteiger partial charge in [0.25, 0.3) is 0 Å². The van der Waals surface area contributed by atoms with Crippen LogP contribution in [-0.4, -0.2) is 36.1 Å². The summed E-state index contributed by atoms with van der Waals surface area (Å²) < 4.78 is 0. The highest BCUT2D eigenvalue weighted by Crippen LogP contribution is 2.27. The molecule has 0 unspecified atom stereocenters. The average molecular weight is 285 g/mol. The molecule has 0 spiro atoms. The quantitative estimate of drug-likeness (QED) is 0.891. The molecule has 0 radical (unpaired) electrons. The van der Waals surface area contributed by atoms with Gasteiger partial charge in [-0.25, -0.2) is 9.97 Å². The van der Waals surface area contributed by atoms with Gasteiger partial charge in [-0.1, -0.05) is 6.92 Å². The molecule has 3 rings (SSSR count). The first-order valence-corrected chi connectivity index (χ1v) is 8.05. The molecule has 112 valence electrons. The van der Waals surface area contributed by atoms with E-state index in [0.29, 0.717) is 0 Å². The summed E-state index contributed by atoms with van der Waals surface area (Å²) >= 11 is 0. The van der Waals surface area contributed by atoms with Crippen molar-refractivity contribution >= 4 is 5.82 Å². The molecule has 0 saturated carbocycles. The second-order valence-corrected chi connectivity index (χ2v) is 5.91. The molecule has 2 aliphatic rings. The van der Waals surface area contributed by atoms with Gasteiger partial charge >= 0.3 is 0 Å². The highest BCUT2D eigenvalue weighted by molar-refractivity contribution is 5.51. The zero-order valence-corrected chi connectivity index (χ0v) is 12.7. The van der Waals surface area contributed by atoms with Crippen LogP contribution in [0.15, 0.2) is 0 Å². The van der Waals surface area contributed by atoms with Gasteiger partial charge in [-0.05, 0) is 25.8 Å². The Kier molecular flexibility index (Phi) is 4.35. The van der Waals surface area contributed by atoms with Crippen molar-refractivity contribution < 1.29 is 0 Å². The molecular weight excluding hydrogens is 262 g/mol. The zero-order valence-electron chi connectivity index (χ0n) is 12.7. The molecule has 3 heterocycles. The number of aromatic nitrogens is 2. The van der Waals surface area contributed by atoms with Crippen LogP contribution < -0.4 is 10.2 Å². The van der Waals surface area contributed by atoms with E-state index in [1.54, 1.807) is 0 Å². The monoisotopic (exact) mass is 285 g/mol. The number of hydrogen-bond acceptors (Lipinski definition) is 5. The summed E-state index contributed by atoms with van der Waals surface area (Å²) in [6, 6.07) is 2.43. The molecule has 1 atom stereocenters. The van der Waals surface area contributed by atoms with E-state index in [2.05, 4.69) is 23.2 Å². The van der Waals surface area contributed by atoms with Crippen LogP contribution >= 0.6 is 0 Å². The van der Waals surface area contributed by atoms with Gasteiger partial charge in [0.05, 0.1) is 17.7 Å². The van der Waals surface area contributed by atoms with Gasteiger partial charge in [-0.15, -0.1) is 0 Å². The first-order valence-electron chi connectivity index (χ1n) is 8.05. The van der Waals surface area contributed by atoms with Crippen LogP contribution in [-0.2, 0) is 19.3 Å². The third-order valence-electron chi connectivity index (χ3n) is 4.43. The van der Waals surface area contributed by atoms with Gasteiger partial charge in [0.1, 0.15) is 11.6 Å². The maximum atomic E-state index is 9.22. The van der Waals surface area contributed by atoms with Gasteiger partial charge < -0.3 is 10.2 Å². The molecule has 1 saturated heterocycles. The molecule has 0 bridgehead atoms. The molecule has 0 aromatic carbocycles. The number of anilines is 1. The largest absolute Gasteiger partial charge is 0.355 e. The van der Waals surface area contributed by atoms with E-state index in [1.165, 1.54) is 11.3 Å². The Morgan fingerprint density at radius 2 is 2.19 bits per heavy atom. The van der Waals surface area contributed by atoms with Crippen LogP contribution in [0.25, 0.3) is 0 Å². The standard InChI is InChI=1S/C16H23N5/c1-2-15-19-14-6-8-18-7-5-13(14)16(20-15)21-9-3-4-12(10-17)11-21/h12,18H,2-9,11H2,1H3/t12-/m0/s1. The predicted molar refractivity (Wildman–Crippen MR) is 82.2 cm³/mol. The number of nitrogens with zero attached hydrogens (tertiary/aromatic N) is 4. The van der Waals surface area contributed by atoms with Gasteiger partial charge in [0.2, 0.25) is 0 Å². The molecule has 2 aliphatic heterocycles. The SMILES string of the molecule is CCc1nc2c(c(N3CCC[C@@H](C#N)C3)n1)CCNCC2. The summed E-state index contributed by atoms with van der Waals surface area (Å²) in [5.74, 6) is 2.17. The molecular formula is C16H23N5. The number of hydrogen-bond donors (Lipinski definition) is 1. The lowest BCUT2D eigenvalue weighted by molar-refractivity contribution is 0.488.